The zero-order valence-corrected chi connectivity index (χ0v) is 10.5. The molecule has 7 heteroatoms. The van der Waals surface area contributed by atoms with Crippen molar-refractivity contribution in [2.24, 2.45) is 0 Å². The Hall–Kier alpha value is -2.44. The SMILES string of the molecule is COc1cccc(F)c1C(=O)NC(C)c1ncn[nH]1. The van der Waals surface area contributed by atoms with Crippen molar-refractivity contribution in [2.45, 2.75) is 13.0 Å². The molecular weight excluding hydrogens is 251 g/mol. The van der Waals surface area contributed by atoms with Crippen LogP contribution in [0.4, 0.5) is 4.39 Å². The van der Waals surface area contributed by atoms with Crippen LogP contribution in [0.1, 0.15) is 29.1 Å². The number of ether oxygens (including phenoxy) is 1. The molecule has 1 heterocycles. The number of methoxy groups -OCH3 is 1. The minimum absolute atomic E-state index is 0.128. The predicted octanol–water partition coefficient (Wildman–Crippen LogP) is 1.44. The second-order valence-electron chi connectivity index (χ2n) is 3.88. The van der Waals surface area contributed by atoms with Gasteiger partial charge in [-0.05, 0) is 19.1 Å². The van der Waals surface area contributed by atoms with Crippen molar-refractivity contribution < 1.29 is 13.9 Å². The lowest BCUT2D eigenvalue weighted by Crippen LogP contribution is -2.28. The average molecular weight is 264 g/mol. The van der Waals surface area contributed by atoms with E-state index in [1.54, 1.807) is 6.92 Å². The molecule has 1 aromatic carbocycles. The van der Waals surface area contributed by atoms with Gasteiger partial charge in [0.15, 0.2) is 0 Å². The number of carbonyl (C=O) groups is 1. The van der Waals surface area contributed by atoms with Gasteiger partial charge in [-0.25, -0.2) is 9.37 Å². The van der Waals surface area contributed by atoms with Gasteiger partial charge in [-0.15, -0.1) is 0 Å². The zero-order chi connectivity index (χ0) is 13.8. The number of nitrogens with zero attached hydrogens (tertiary/aromatic N) is 2. The van der Waals surface area contributed by atoms with Crippen molar-refractivity contribution in [3.05, 3.63) is 41.7 Å². The monoisotopic (exact) mass is 264 g/mol. The average Bonchev–Trinajstić information content (AvgIpc) is 2.92. The Bertz CT molecular complexity index is 571. The molecule has 1 unspecified atom stereocenters. The third-order valence-electron chi connectivity index (χ3n) is 2.61. The largest absolute Gasteiger partial charge is 0.496 e. The molecule has 0 aliphatic rings. The van der Waals surface area contributed by atoms with E-state index in [1.165, 1.54) is 31.6 Å². The lowest BCUT2D eigenvalue weighted by atomic mass is 10.1. The number of hydrogen-bond acceptors (Lipinski definition) is 4. The van der Waals surface area contributed by atoms with Gasteiger partial charge in [-0.3, -0.25) is 9.89 Å². The highest BCUT2D eigenvalue weighted by molar-refractivity contribution is 5.97. The van der Waals surface area contributed by atoms with Gasteiger partial charge in [0, 0.05) is 0 Å². The van der Waals surface area contributed by atoms with Crippen LogP contribution < -0.4 is 10.1 Å². The first-order valence-electron chi connectivity index (χ1n) is 5.62. The molecule has 0 spiro atoms. The van der Waals surface area contributed by atoms with Gasteiger partial charge in [-0.2, -0.15) is 5.10 Å². The fourth-order valence-corrected chi connectivity index (χ4v) is 1.66. The fraction of sp³-hybridized carbons (Fsp3) is 0.250. The number of benzene rings is 1. The Morgan fingerprint density at radius 2 is 2.32 bits per heavy atom. The van der Waals surface area contributed by atoms with Crippen molar-refractivity contribution >= 4 is 5.91 Å². The molecule has 2 rings (SSSR count). The number of nitrogens with one attached hydrogen (secondary N) is 2. The standard InChI is InChI=1S/C12H13FN4O2/c1-7(11-14-6-15-17-11)16-12(18)10-8(13)4-3-5-9(10)19-2/h3-7H,1-2H3,(H,16,18)(H,14,15,17). The van der Waals surface area contributed by atoms with Crippen molar-refractivity contribution in [3.8, 4) is 5.75 Å². The Balaban J connectivity index is 2.21. The number of amides is 1. The van der Waals surface area contributed by atoms with Crippen molar-refractivity contribution in [1.82, 2.24) is 20.5 Å². The number of hydrogen-bond donors (Lipinski definition) is 2. The van der Waals surface area contributed by atoms with E-state index in [4.69, 9.17) is 4.74 Å². The van der Waals surface area contributed by atoms with Gasteiger partial charge >= 0.3 is 0 Å². The quantitative estimate of drug-likeness (QED) is 0.875. The second kappa shape index (κ2) is 5.47. The molecule has 0 aliphatic heterocycles. The number of aromatic nitrogens is 3. The molecule has 2 aromatic rings. The molecule has 0 saturated carbocycles. The molecule has 0 saturated heterocycles. The highest BCUT2D eigenvalue weighted by Gasteiger charge is 2.20. The third-order valence-corrected chi connectivity index (χ3v) is 2.61. The van der Waals surface area contributed by atoms with E-state index in [0.29, 0.717) is 5.82 Å². The Labute approximate surface area is 109 Å². The summed E-state index contributed by atoms with van der Waals surface area (Å²) in [6, 6.07) is 3.79. The van der Waals surface area contributed by atoms with Crippen LogP contribution in [-0.4, -0.2) is 28.2 Å². The summed E-state index contributed by atoms with van der Waals surface area (Å²) in [4.78, 5) is 16.0. The maximum atomic E-state index is 13.7. The van der Waals surface area contributed by atoms with Crippen LogP contribution in [-0.2, 0) is 0 Å². The van der Waals surface area contributed by atoms with Crippen molar-refractivity contribution in [1.29, 1.82) is 0 Å². The van der Waals surface area contributed by atoms with Crippen LogP contribution in [0.15, 0.2) is 24.5 Å². The Kier molecular flexibility index (Phi) is 3.74. The molecule has 19 heavy (non-hydrogen) atoms. The topological polar surface area (TPSA) is 79.9 Å². The molecule has 0 fully saturated rings. The predicted molar refractivity (Wildman–Crippen MR) is 65.2 cm³/mol. The molecule has 2 N–H and O–H groups in total. The van der Waals surface area contributed by atoms with Crippen LogP contribution in [0.5, 0.6) is 5.75 Å². The highest BCUT2D eigenvalue weighted by atomic mass is 19.1. The summed E-state index contributed by atoms with van der Waals surface area (Å²) in [5.41, 5.74) is -0.128. The zero-order valence-electron chi connectivity index (χ0n) is 10.5. The number of carbonyl (C=O) groups excluding carboxylic acids is 1. The molecule has 1 amide bonds. The van der Waals surface area contributed by atoms with Gasteiger partial charge < -0.3 is 10.1 Å². The smallest absolute Gasteiger partial charge is 0.258 e. The molecule has 1 aromatic heterocycles. The van der Waals surface area contributed by atoms with E-state index < -0.39 is 17.8 Å². The minimum atomic E-state index is -0.637. The molecular formula is C12H13FN4O2. The molecule has 100 valence electrons. The number of halogens is 1. The van der Waals surface area contributed by atoms with E-state index in [9.17, 15) is 9.18 Å². The second-order valence-corrected chi connectivity index (χ2v) is 3.88. The first-order valence-corrected chi connectivity index (χ1v) is 5.62. The normalized spacial score (nSPS) is 11.9. The summed E-state index contributed by atoms with van der Waals surface area (Å²) in [5, 5.41) is 8.95. The molecule has 0 radical (unpaired) electrons. The minimum Gasteiger partial charge on any atom is -0.496 e. The lowest BCUT2D eigenvalue weighted by molar-refractivity contribution is 0.0931. The number of rotatable bonds is 4. The van der Waals surface area contributed by atoms with Crippen LogP contribution in [0.3, 0.4) is 0 Å². The summed E-state index contributed by atoms with van der Waals surface area (Å²) in [6.45, 7) is 1.71. The first-order chi connectivity index (χ1) is 9.13. The number of H-pyrrole nitrogens is 1. The van der Waals surface area contributed by atoms with Crippen LogP contribution >= 0.6 is 0 Å². The fourth-order valence-electron chi connectivity index (χ4n) is 1.66. The van der Waals surface area contributed by atoms with E-state index in [2.05, 4.69) is 20.5 Å². The van der Waals surface area contributed by atoms with E-state index >= 15 is 0 Å². The molecule has 6 nitrogen and oxygen atoms in total. The summed E-state index contributed by atoms with van der Waals surface area (Å²) in [5.74, 6) is -0.536. The van der Waals surface area contributed by atoms with Gasteiger partial charge in [0.1, 0.15) is 29.3 Å². The van der Waals surface area contributed by atoms with Crippen LogP contribution in [0.2, 0.25) is 0 Å². The molecule has 1 atom stereocenters. The maximum Gasteiger partial charge on any atom is 0.258 e. The summed E-state index contributed by atoms with van der Waals surface area (Å²) < 4.78 is 18.7. The van der Waals surface area contributed by atoms with Crippen LogP contribution in [0, 0.1) is 5.82 Å². The van der Waals surface area contributed by atoms with E-state index in [1.807, 2.05) is 0 Å². The van der Waals surface area contributed by atoms with E-state index in [-0.39, 0.29) is 11.3 Å². The van der Waals surface area contributed by atoms with E-state index in [0.717, 1.165) is 0 Å². The van der Waals surface area contributed by atoms with Crippen molar-refractivity contribution in [3.63, 3.8) is 0 Å². The van der Waals surface area contributed by atoms with Gasteiger partial charge in [0.05, 0.1) is 13.2 Å². The Morgan fingerprint density at radius 1 is 1.53 bits per heavy atom. The molecule has 0 bridgehead atoms. The van der Waals surface area contributed by atoms with Gasteiger partial charge in [0.2, 0.25) is 0 Å². The summed E-state index contributed by atoms with van der Waals surface area (Å²) in [7, 11) is 1.38. The third kappa shape index (κ3) is 2.70. The van der Waals surface area contributed by atoms with Gasteiger partial charge in [0.25, 0.3) is 5.91 Å². The van der Waals surface area contributed by atoms with Crippen molar-refractivity contribution in [2.75, 3.05) is 7.11 Å². The first kappa shape index (κ1) is 13.0. The lowest BCUT2D eigenvalue weighted by Gasteiger charge is -2.13. The number of aromatic amines is 1. The van der Waals surface area contributed by atoms with Gasteiger partial charge in [-0.1, -0.05) is 6.07 Å². The summed E-state index contributed by atoms with van der Waals surface area (Å²) >= 11 is 0. The van der Waals surface area contributed by atoms with Crippen LogP contribution in [0.25, 0.3) is 0 Å². The summed E-state index contributed by atoms with van der Waals surface area (Å²) in [6.07, 6.45) is 1.33. The Morgan fingerprint density at radius 3 is 2.95 bits per heavy atom. The maximum absolute atomic E-state index is 13.7. The molecule has 0 aliphatic carbocycles. The highest BCUT2D eigenvalue weighted by Crippen LogP contribution is 2.21.